The molecule has 0 fully saturated rings. The van der Waals surface area contributed by atoms with Gasteiger partial charge in [-0.15, -0.1) is 0 Å². The van der Waals surface area contributed by atoms with E-state index >= 15 is 0 Å². The van der Waals surface area contributed by atoms with Gasteiger partial charge in [0.15, 0.2) is 6.61 Å². The fraction of sp³-hybridized carbons (Fsp3) is 0.286. The number of hydrogen-bond donors (Lipinski definition) is 2. The van der Waals surface area contributed by atoms with Gasteiger partial charge in [0.2, 0.25) is 0 Å². The molecule has 0 heterocycles. The normalized spacial score (nSPS) is 11.4. The van der Waals surface area contributed by atoms with E-state index in [1.54, 1.807) is 43.3 Å². The molecule has 29 heavy (non-hydrogen) atoms. The number of benzene rings is 2. The number of rotatable bonds is 9. The summed E-state index contributed by atoms with van der Waals surface area (Å²) in [4.78, 5) is 36.7. The number of amides is 2. The zero-order valence-corrected chi connectivity index (χ0v) is 17.1. The van der Waals surface area contributed by atoms with E-state index < -0.39 is 36.2 Å². The molecule has 2 aromatic rings. The number of aryl methyl sites for hydroxylation is 1. The molecule has 0 saturated heterocycles. The Hall–Kier alpha value is -2.87. The molecule has 0 aliphatic carbocycles. The van der Waals surface area contributed by atoms with Crippen LogP contribution in [0.15, 0.2) is 48.5 Å². The summed E-state index contributed by atoms with van der Waals surface area (Å²) >= 11 is 1.53. The molecule has 0 aliphatic heterocycles. The van der Waals surface area contributed by atoms with Crippen molar-refractivity contribution in [2.45, 2.75) is 19.4 Å². The molecular weight excluding hydrogens is 395 g/mol. The zero-order valence-electron chi connectivity index (χ0n) is 16.2. The first kappa shape index (κ1) is 22.4. The van der Waals surface area contributed by atoms with Crippen molar-refractivity contribution < 1.29 is 23.5 Å². The van der Waals surface area contributed by atoms with Gasteiger partial charge in [-0.1, -0.05) is 24.3 Å². The smallest absolute Gasteiger partial charge is 0.329 e. The molecule has 0 unspecified atom stereocenters. The van der Waals surface area contributed by atoms with Crippen molar-refractivity contribution in [2.24, 2.45) is 0 Å². The fourth-order valence-electron chi connectivity index (χ4n) is 2.42. The highest BCUT2D eigenvalue weighted by Crippen LogP contribution is 2.13. The summed E-state index contributed by atoms with van der Waals surface area (Å²) < 4.78 is 18.6. The van der Waals surface area contributed by atoms with Gasteiger partial charge in [-0.2, -0.15) is 11.8 Å². The zero-order chi connectivity index (χ0) is 21.2. The van der Waals surface area contributed by atoms with Gasteiger partial charge in [0.1, 0.15) is 11.9 Å². The Kier molecular flexibility index (Phi) is 8.67. The Bertz CT molecular complexity index is 861. The van der Waals surface area contributed by atoms with Crippen LogP contribution in [0.25, 0.3) is 0 Å². The lowest BCUT2D eigenvalue weighted by atomic mass is 10.1. The number of thioether (sulfide) groups is 1. The molecule has 0 bridgehead atoms. The summed E-state index contributed by atoms with van der Waals surface area (Å²) in [5.41, 5.74) is 1.15. The Balaban J connectivity index is 1.91. The lowest BCUT2D eigenvalue weighted by Crippen LogP contribution is -2.43. The second-order valence-corrected chi connectivity index (χ2v) is 7.28. The summed E-state index contributed by atoms with van der Waals surface area (Å²) in [7, 11) is 0. The van der Waals surface area contributed by atoms with Gasteiger partial charge in [0.25, 0.3) is 11.8 Å². The van der Waals surface area contributed by atoms with Crippen molar-refractivity contribution in [2.75, 3.05) is 23.9 Å². The van der Waals surface area contributed by atoms with E-state index in [9.17, 15) is 18.8 Å². The van der Waals surface area contributed by atoms with E-state index in [1.807, 2.05) is 6.26 Å². The average molecular weight is 418 g/mol. The Labute approximate surface area is 173 Å². The highest BCUT2D eigenvalue weighted by molar-refractivity contribution is 7.98. The van der Waals surface area contributed by atoms with E-state index in [0.717, 1.165) is 0 Å². The van der Waals surface area contributed by atoms with Crippen LogP contribution in [-0.4, -0.2) is 42.4 Å². The Morgan fingerprint density at radius 3 is 2.52 bits per heavy atom. The monoisotopic (exact) mass is 418 g/mol. The third-order valence-electron chi connectivity index (χ3n) is 4.04. The van der Waals surface area contributed by atoms with Crippen LogP contribution < -0.4 is 10.6 Å². The predicted molar refractivity (Wildman–Crippen MR) is 111 cm³/mol. The molecule has 6 nitrogen and oxygen atoms in total. The average Bonchev–Trinajstić information content (AvgIpc) is 2.72. The second kappa shape index (κ2) is 11.2. The molecule has 154 valence electrons. The number of carbonyl (C=O) groups is 3. The van der Waals surface area contributed by atoms with Crippen molar-refractivity contribution in [3.63, 3.8) is 0 Å². The minimum absolute atomic E-state index is 0.269. The standard InChI is InChI=1S/C21H23FN2O4S/c1-14-8-9-16(12-17(14)22)23-19(25)13-28-21(27)18(10-11-29-2)24-20(26)15-6-4-3-5-7-15/h3-9,12,18H,10-11,13H2,1-2H3,(H,23,25)(H,24,26)/t18-/m1/s1. The first-order valence-corrected chi connectivity index (χ1v) is 10.4. The van der Waals surface area contributed by atoms with Gasteiger partial charge in [0.05, 0.1) is 0 Å². The number of anilines is 1. The van der Waals surface area contributed by atoms with Crippen molar-refractivity contribution in [1.82, 2.24) is 5.32 Å². The maximum atomic E-state index is 13.6. The molecule has 0 saturated carbocycles. The second-order valence-electron chi connectivity index (χ2n) is 6.29. The van der Waals surface area contributed by atoms with Crippen molar-refractivity contribution in [3.05, 3.63) is 65.5 Å². The predicted octanol–water partition coefficient (Wildman–Crippen LogP) is 3.17. The number of esters is 1. The van der Waals surface area contributed by atoms with E-state index in [0.29, 0.717) is 23.3 Å². The first-order valence-electron chi connectivity index (χ1n) is 8.98. The summed E-state index contributed by atoms with van der Waals surface area (Å²) in [5, 5.41) is 5.11. The highest BCUT2D eigenvalue weighted by Gasteiger charge is 2.23. The molecule has 0 spiro atoms. The molecule has 2 aromatic carbocycles. The first-order chi connectivity index (χ1) is 13.9. The van der Waals surface area contributed by atoms with Crippen LogP contribution in [-0.2, 0) is 14.3 Å². The number of hydrogen-bond acceptors (Lipinski definition) is 5. The maximum Gasteiger partial charge on any atom is 0.329 e. The van der Waals surface area contributed by atoms with E-state index in [2.05, 4.69) is 10.6 Å². The minimum atomic E-state index is -0.875. The van der Waals surface area contributed by atoms with Crippen LogP contribution in [0, 0.1) is 12.7 Å². The van der Waals surface area contributed by atoms with Crippen LogP contribution in [0.2, 0.25) is 0 Å². The summed E-state index contributed by atoms with van der Waals surface area (Å²) in [6, 6.07) is 11.9. The molecule has 0 aromatic heterocycles. The SMILES string of the molecule is CSCC[C@@H](NC(=O)c1ccccc1)C(=O)OCC(=O)Nc1ccc(C)c(F)c1. The van der Waals surface area contributed by atoms with Gasteiger partial charge >= 0.3 is 5.97 Å². The summed E-state index contributed by atoms with van der Waals surface area (Å²) in [6.07, 6.45) is 2.25. The third-order valence-corrected chi connectivity index (χ3v) is 4.68. The molecule has 0 aliphatic rings. The van der Waals surface area contributed by atoms with Gasteiger partial charge in [0, 0.05) is 11.3 Å². The highest BCUT2D eigenvalue weighted by atomic mass is 32.2. The van der Waals surface area contributed by atoms with Crippen molar-refractivity contribution in [1.29, 1.82) is 0 Å². The van der Waals surface area contributed by atoms with Crippen molar-refractivity contribution >= 4 is 35.2 Å². The lowest BCUT2D eigenvalue weighted by Gasteiger charge is -2.17. The van der Waals surface area contributed by atoms with Gasteiger partial charge in [-0.05, 0) is 55.2 Å². The number of halogens is 1. The van der Waals surface area contributed by atoms with Crippen LogP contribution >= 0.6 is 11.8 Å². The number of nitrogens with one attached hydrogen (secondary N) is 2. The fourth-order valence-corrected chi connectivity index (χ4v) is 2.89. The molecule has 1 atom stereocenters. The summed E-state index contributed by atoms with van der Waals surface area (Å²) in [6.45, 7) is 1.08. The van der Waals surface area contributed by atoms with E-state index in [-0.39, 0.29) is 5.69 Å². The molecular formula is C21H23FN2O4S. The molecule has 8 heteroatoms. The largest absolute Gasteiger partial charge is 0.454 e. The Morgan fingerprint density at radius 2 is 1.86 bits per heavy atom. The van der Waals surface area contributed by atoms with E-state index in [4.69, 9.17) is 4.74 Å². The topological polar surface area (TPSA) is 84.5 Å². The number of ether oxygens (including phenoxy) is 1. The maximum absolute atomic E-state index is 13.6. The molecule has 2 amide bonds. The van der Waals surface area contributed by atoms with Crippen LogP contribution in [0.5, 0.6) is 0 Å². The van der Waals surface area contributed by atoms with E-state index in [1.165, 1.54) is 23.9 Å². The van der Waals surface area contributed by atoms with Gasteiger partial charge in [-0.3, -0.25) is 9.59 Å². The van der Waals surface area contributed by atoms with Crippen LogP contribution in [0.4, 0.5) is 10.1 Å². The third kappa shape index (κ3) is 7.23. The van der Waals surface area contributed by atoms with Crippen LogP contribution in [0.1, 0.15) is 22.3 Å². The molecule has 2 rings (SSSR count). The number of carbonyl (C=O) groups excluding carboxylic acids is 3. The molecule has 0 radical (unpaired) electrons. The van der Waals surface area contributed by atoms with Crippen LogP contribution in [0.3, 0.4) is 0 Å². The quantitative estimate of drug-likeness (QED) is 0.611. The van der Waals surface area contributed by atoms with Gasteiger partial charge in [-0.25, -0.2) is 9.18 Å². The Morgan fingerprint density at radius 1 is 1.14 bits per heavy atom. The molecule has 2 N–H and O–H groups in total. The van der Waals surface area contributed by atoms with Gasteiger partial charge < -0.3 is 15.4 Å². The summed E-state index contributed by atoms with van der Waals surface area (Å²) in [5.74, 6) is -1.51. The van der Waals surface area contributed by atoms with Crippen molar-refractivity contribution in [3.8, 4) is 0 Å². The lowest BCUT2D eigenvalue weighted by molar-refractivity contribution is -0.149. The minimum Gasteiger partial charge on any atom is -0.454 e.